The number of imidazole rings is 1. The highest BCUT2D eigenvalue weighted by Gasteiger charge is 2.39. The van der Waals surface area contributed by atoms with Crippen LogP contribution in [-0.4, -0.2) is 33.0 Å². The topological polar surface area (TPSA) is 119 Å². The normalized spacial score (nSPS) is 19.3. The number of H-pyrrole nitrogens is 1. The van der Waals surface area contributed by atoms with Crippen LogP contribution in [0.2, 0.25) is 0 Å². The number of sulfone groups is 1. The number of fused-ring (bicyclic) bond motifs is 1. The molecule has 1 unspecified atom stereocenters. The molecule has 8 nitrogen and oxygen atoms in total. The molecule has 4 rings (SSSR count). The fourth-order valence-electron chi connectivity index (χ4n) is 2.87. The number of hydrogen-bond acceptors (Lipinski definition) is 8. The lowest BCUT2D eigenvalue weighted by molar-refractivity contribution is -0.380. The highest BCUT2D eigenvalue weighted by Crippen LogP contribution is 2.38. The summed E-state index contributed by atoms with van der Waals surface area (Å²) >= 11 is 2.06. The lowest BCUT2D eigenvalue weighted by Gasteiger charge is -2.26. The maximum atomic E-state index is 13.3. The third-order valence-corrected chi connectivity index (χ3v) is 8.76. The fraction of sp³-hybridized carbons (Fsp3) is 0.176. The third-order valence-electron chi connectivity index (χ3n) is 4.41. The van der Waals surface area contributed by atoms with Crippen molar-refractivity contribution in [3.8, 4) is 0 Å². The van der Waals surface area contributed by atoms with Crippen LogP contribution in [0.3, 0.4) is 0 Å². The van der Waals surface area contributed by atoms with Crippen LogP contribution >= 0.6 is 23.1 Å². The first-order chi connectivity index (χ1) is 13.3. The Kier molecular flexibility index (Phi) is 4.60. The van der Waals surface area contributed by atoms with Gasteiger partial charge in [-0.2, -0.15) is 0 Å². The summed E-state index contributed by atoms with van der Waals surface area (Å²) in [6, 6.07) is 4.97. The largest absolute Gasteiger partial charge is 0.344 e. The van der Waals surface area contributed by atoms with Gasteiger partial charge < -0.3 is 4.98 Å². The van der Waals surface area contributed by atoms with E-state index in [4.69, 9.17) is 0 Å². The van der Waals surface area contributed by atoms with E-state index in [2.05, 4.69) is 15.0 Å². The zero-order valence-electron chi connectivity index (χ0n) is 14.5. The molecule has 0 aliphatic heterocycles. The van der Waals surface area contributed by atoms with Crippen LogP contribution in [-0.2, 0) is 9.84 Å². The summed E-state index contributed by atoms with van der Waals surface area (Å²) in [6.07, 6.45) is 8.67. The molecule has 1 aromatic carbocycles. The predicted octanol–water partition coefficient (Wildman–Crippen LogP) is 4.13. The predicted molar refractivity (Wildman–Crippen MR) is 107 cm³/mol. The van der Waals surface area contributed by atoms with Crippen molar-refractivity contribution < 1.29 is 13.3 Å². The van der Waals surface area contributed by atoms with Crippen molar-refractivity contribution in [2.24, 2.45) is 0 Å². The summed E-state index contributed by atoms with van der Waals surface area (Å²) in [5, 5.41) is 11.2. The zero-order chi connectivity index (χ0) is 19.9. The number of thiazole rings is 1. The second kappa shape index (κ2) is 6.83. The molecule has 0 amide bonds. The summed E-state index contributed by atoms with van der Waals surface area (Å²) in [6.45, 7) is 1.69. The molecule has 28 heavy (non-hydrogen) atoms. The van der Waals surface area contributed by atoms with Gasteiger partial charge in [0.15, 0.2) is 19.3 Å². The van der Waals surface area contributed by atoms with E-state index in [-0.39, 0.29) is 9.90 Å². The van der Waals surface area contributed by atoms with Gasteiger partial charge in [-0.15, -0.1) is 0 Å². The van der Waals surface area contributed by atoms with Gasteiger partial charge in [0.05, 0.1) is 20.1 Å². The maximum Gasteiger partial charge on any atom is 0.344 e. The quantitative estimate of drug-likeness (QED) is 0.474. The number of aromatic nitrogens is 3. The Balaban J connectivity index is 1.74. The average molecular weight is 435 g/mol. The van der Waals surface area contributed by atoms with E-state index in [1.165, 1.54) is 6.20 Å². The van der Waals surface area contributed by atoms with Gasteiger partial charge in [-0.05, 0) is 48.6 Å². The standard InChI is InChI=1S/C17H14N4O4S3/c1-17(8-3-2-4-9-17)28(24,25)12-7-5-6-11-14(12)20-15(19-11)27-16-18-10-13(26-16)21(22)23/h2-8,10H,9H2,1H3,(H,19,20). The number of benzene rings is 1. The van der Waals surface area contributed by atoms with Crippen molar-refractivity contribution in [1.29, 1.82) is 0 Å². The van der Waals surface area contributed by atoms with E-state index in [1.54, 1.807) is 37.3 Å². The van der Waals surface area contributed by atoms with Gasteiger partial charge in [0.25, 0.3) is 0 Å². The first kappa shape index (κ1) is 18.8. The number of allylic oxidation sites excluding steroid dienone is 3. The van der Waals surface area contributed by atoms with Crippen molar-refractivity contribution in [2.75, 3.05) is 0 Å². The molecule has 0 fully saturated rings. The van der Waals surface area contributed by atoms with Crippen molar-refractivity contribution in [1.82, 2.24) is 15.0 Å². The number of nitro groups is 1. The monoisotopic (exact) mass is 434 g/mol. The maximum absolute atomic E-state index is 13.3. The first-order valence-corrected chi connectivity index (χ1v) is 11.3. The van der Waals surface area contributed by atoms with Crippen molar-refractivity contribution in [3.63, 3.8) is 0 Å². The summed E-state index contributed by atoms with van der Waals surface area (Å²) in [7, 11) is -3.69. The minimum Gasteiger partial charge on any atom is -0.333 e. The molecule has 3 aromatic rings. The molecule has 2 heterocycles. The molecule has 1 aliphatic carbocycles. The van der Waals surface area contributed by atoms with E-state index in [1.807, 2.05) is 12.2 Å². The van der Waals surface area contributed by atoms with Gasteiger partial charge in [-0.25, -0.2) is 18.4 Å². The molecule has 11 heteroatoms. The van der Waals surface area contributed by atoms with Gasteiger partial charge in [0.2, 0.25) is 0 Å². The molecule has 0 radical (unpaired) electrons. The summed E-state index contributed by atoms with van der Waals surface area (Å²) in [4.78, 5) is 22.0. The number of para-hydroxylation sites is 1. The van der Waals surface area contributed by atoms with E-state index >= 15 is 0 Å². The Bertz CT molecular complexity index is 1240. The SMILES string of the molecule is CC1(S(=O)(=O)c2cccc3[nH]c(Sc4ncc([N+](=O)[O-])s4)nc23)C=CC=CC1. The summed E-state index contributed by atoms with van der Waals surface area (Å²) < 4.78 is 26.1. The lowest BCUT2D eigenvalue weighted by Crippen LogP contribution is -2.33. The van der Waals surface area contributed by atoms with Gasteiger partial charge in [-0.1, -0.05) is 30.4 Å². The third kappa shape index (κ3) is 3.15. The zero-order valence-corrected chi connectivity index (χ0v) is 17.0. The Morgan fingerprint density at radius 1 is 1.36 bits per heavy atom. The van der Waals surface area contributed by atoms with Crippen LogP contribution in [0, 0.1) is 10.1 Å². The molecule has 2 aromatic heterocycles. The Hall–Kier alpha value is -2.50. The average Bonchev–Trinajstić information content (AvgIpc) is 3.28. The number of hydrogen-bond donors (Lipinski definition) is 1. The number of nitrogens with one attached hydrogen (secondary N) is 1. The second-order valence-electron chi connectivity index (χ2n) is 6.33. The molecule has 0 bridgehead atoms. The van der Waals surface area contributed by atoms with Gasteiger partial charge >= 0.3 is 5.00 Å². The van der Waals surface area contributed by atoms with Crippen LogP contribution in [0.25, 0.3) is 11.0 Å². The van der Waals surface area contributed by atoms with Crippen molar-refractivity contribution >= 4 is 49.0 Å². The molecule has 0 spiro atoms. The molecular formula is C17H14N4O4S3. The molecule has 1 N–H and O–H groups in total. The number of nitrogens with zero attached hydrogens (tertiary/aromatic N) is 3. The van der Waals surface area contributed by atoms with Crippen molar-refractivity contribution in [2.45, 2.75) is 32.5 Å². The summed E-state index contributed by atoms with van der Waals surface area (Å²) in [5.41, 5.74) is 0.925. The lowest BCUT2D eigenvalue weighted by atomic mass is 10.0. The van der Waals surface area contributed by atoms with Crippen molar-refractivity contribution in [3.05, 3.63) is 58.8 Å². The van der Waals surface area contributed by atoms with Gasteiger partial charge in [0.1, 0.15) is 11.7 Å². The molecule has 0 saturated carbocycles. The van der Waals surface area contributed by atoms with Crippen LogP contribution < -0.4 is 0 Å². The second-order valence-corrected chi connectivity index (χ2v) is 10.9. The number of rotatable bonds is 5. The van der Waals surface area contributed by atoms with E-state index in [0.29, 0.717) is 27.0 Å². The molecule has 144 valence electrons. The highest BCUT2D eigenvalue weighted by molar-refractivity contribution is 8.01. The minimum atomic E-state index is -3.69. The Labute approximate surface area is 168 Å². The molecule has 0 saturated heterocycles. The van der Waals surface area contributed by atoms with Gasteiger partial charge in [0, 0.05) is 0 Å². The van der Waals surface area contributed by atoms with E-state index < -0.39 is 19.5 Å². The van der Waals surface area contributed by atoms with Crippen LogP contribution in [0.1, 0.15) is 13.3 Å². The minimum absolute atomic E-state index is 0.0630. The molecular weight excluding hydrogens is 420 g/mol. The van der Waals surface area contributed by atoms with Gasteiger partial charge in [-0.3, -0.25) is 10.1 Å². The molecule has 1 aliphatic rings. The smallest absolute Gasteiger partial charge is 0.333 e. The summed E-state index contributed by atoms with van der Waals surface area (Å²) in [5.74, 6) is 0. The fourth-order valence-corrected chi connectivity index (χ4v) is 6.31. The molecule has 1 atom stereocenters. The highest BCUT2D eigenvalue weighted by atomic mass is 32.2. The van der Waals surface area contributed by atoms with E-state index in [0.717, 1.165) is 23.1 Å². The van der Waals surface area contributed by atoms with Crippen LogP contribution in [0.5, 0.6) is 0 Å². The first-order valence-electron chi connectivity index (χ1n) is 8.16. The van der Waals surface area contributed by atoms with Crippen LogP contribution in [0.4, 0.5) is 5.00 Å². The Morgan fingerprint density at radius 3 is 2.86 bits per heavy atom. The number of aromatic amines is 1. The Morgan fingerprint density at radius 2 is 2.18 bits per heavy atom. The van der Waals surface area contributed by atoms with Crippen LogP contribution in [0.15, 0.2) is 63.1 Å². The van der Waals surface area contributed by atoms with E-state index in [9.17, 15) is 18.5 Å².